The summed E-state index contributed by atoms with van der Waals surface area (Å²) in [6.45, 7) is -2.35. The maximum atomic E-state index is 12.9. The van der Waals surface area contributed by atoms with Crippen molar-refractivity contribution >= 4 is 12.0 Å². The summed E-state index contributed by atoms with van der Waals surface area (Å²) in [6, 6.07) is 6.88. The number of rotatable bonds is 9. The van der Waals surface area contributed by atoms with E-state index in [1.54, 1.807) is 0 Å². The molecule has 0 atom stereocenters. The lowest BCUT2D eigenvalue weighted by molar-refractivity contribution is -0.141. The molecule has 0 spiro atoms. The molecular weight excluding hydrogens is 409 g/mol. The van der Waals surface area contributed by atoms with Crippen LogP contribution in [0.1, 0.15) is 42.1 Å². The lowest BCUT2D eigenvalue weighted by Crippen LogP contribution is -2.23. The third-order valence-electron chi connectivity index (χ3n) is 4.48. The molecule has 1 fully saturated rings. The summed E-state index contributed by atoms with van der Waals surface area (Å²) < 4.78 is 68.5. The molecule has 0 aliphatic heterocycles. The molecule has 0 unspecified atom stereocenters. The van der Waals surface area contributed by atoms with Crippen LogP contribution in [0.3, 0.4) is 0 Å². The van der Waals surface area contributed by atoms with E-state index in [-0.39, 0.29) is 30.7 Å². The van der Waals surface area contributed by atoms with Gasteiger partial charge in [0.25, 0.3) is 0 Å². The van der Waals surface area contributed by atoms with Gasteiger partial charge in [0.05, 0.1) is 0 Å². The molecule has 1 amide bonds. The van der Waals surface area contributed by atoms with E-state index < -0.39 is 18.5 Å². The first-order valence-electron chi connectivity index (χ1n) is 9.38. The minimum atomic E-state index is -4.47. The average Bonchev–Trinajstić information content (AvgIpc) is 3.42. The molecule has 0 saturated heterocycles. The molecule has 10 heteroatoms. The Morgan fingerprint density at radius 1 is 1.27 bits per heavy atom. The van der Waals surface area contributed by atoms with Crippen molar-refractivity contribution in [2.45, 2.75) is 44.5 Å². The molecule has 1 saturated carbocycles. The highest BCUT2D eigenvalue weighted by molar-refractivity contribution is 5.91. The number of amides is 1. The topological polar surface area (TPSA) is 56.1 Å². The minimum Gasteiger partial charge on any atom is -0.435 e. The molecule has 1 aromatic carbocycles. The summed E-state index contributed by atoms with van der Waals surface area (Å²) >= 11 is 0. The van der Waals surface area contributed by atoms with E-state index in [9.17, 15) is 26.7 Å². The zero-order chi connectivity index (χ0) is 21.7. The van der Waals surface area contributed by atoms with Crippen LogP contribution >= 0.6 is 0 Å². The second kappa shape index (κ2) is 9.27. The van der Waals surface area contributed by atoms with Crippen molar-refractivity contribution in [3.8, 4) is 5.75 Å². The Balaban J connectivity index is 1.45. The van der Waals surface area contributed by atoms with E-state index in [4.69, 9.17) is 0 Å². The van der Waals surface area contributed by atoms with Gasteiger partial charge in [0.1, 0.15) is 5.75 Å². The fourth-order valence-corrected chi connectivity index (χ4v) is 2.89. The summed E-state index contributed by atoms with van der Waals surface area (Å²) in [5.41, 5.74) is 0.325. The third kappa shape index (κ3) is 6.30. The zero-order valence-electron chi connectivity index (χ0n) is 15.8. The number of alkyl halides is 5. The van der Waals surface area contributed by atoms with Crippen LogP contribution in [0, 0.1) is 0 Å². The van der Waals surface area contributed by atoms with Gasteiger partial charge in [-0.3, -0.25) is 9.48 Å². The molecule has 1 heterocycles. The summed E-state index contributed by atoms with van der Waals surface area (Å²) in [6.07, 6.45) is 0.471. The van der Waals surface area contributed by atoms with Crippen molar-refractivity contribution in [1.29, 1.82) is 0 Å². The van der Waals surface area contributed by atoms with Crippen LogP contribution in [0.2, 0.25) is 0 Å². The van der Waals surface area contributed by atoms with E-state index in [1.807, 2.05) is 0 Å². The highest BCUT2D eigenvalue weighted by Crippen LogP contribution is 2.42. The largest absolute Gasteiger partial charge is 0.435 e. The summed E-state index contributed by atoms with van der Waals surface area (Å²) in [5.74, 6) is -0.227. The number of benzene rings is 1. The Bertz CT molecular complexity index is 887. The Labute approximate surface area is 169 Å². The predicted molar refractivity (Wildman–Crippen MR) is 98.9 cm³/mol. The van der Waals surface area contributed by atoms with Gasteiger partial charge in [-0.15, -0.1) is 0 Å². The second-order valence-corrected chi connectivity index (χ2v) is 6.88. The van der Waals surface area contributed by atoms with Crippen LogP contribution in [0.25, 0.3) is 6.08 Å². The van der Waals surface area contributed by atoms with Crippen LogP contribution < -0.4 is 10.1 Å². The fourth-order valence-electron chi connectivity index (χ4n) is 2.89. The lowest BCUT2D eigenvalue weighted by Gasteiger charge is -2.07. The number of halogens is 5. The van der Waals surface area contributed by atoms with Gasteiger partial charge in [0.15, 0.2) is 5.69 Å². The number of hydrogen-bond acceptors (Lipinski definition) is 3. The highest BCUT2D eigenvalue weighted by Gasteiger charge is 2.37. The van der Waals surface area contributed by atoms with E-state index in [1.165, 1.54) is 41.1 Å². The van der Waals surface area contributed by atoms with Crippen molar-refractivity contribution in [1.82, 2.24) is 15.1 Å². The first-order chi connectivity index (χ1) is 14.2. The number of ether oxygens (including phenoxy) is 1. The maximum Gasteiger partial charge on any atom is 0.435 e. The van der Waals surface area contributed by atoms with Crippen molar-refractivity contribution in [3.05, 3.63) is 53.4 Å². The molecule has 1 N–H and O–H groups in total. The van der Waals surface area contributed by atoms with E-state index in [2.05, 4.69) is 15.2 Å². The van der Waals surface area contributed by atoms with Gasteiger partial charge in [-0.05, 0) is 49.1 Å². The highest BCUT2D eigenvalue weighted by atomic mass is 19.4. The van der Waals surface area contributed by atoms with Gasteiger partial charge < -0.3 is 10.1 Å². The number of nitrogens with zero attached hydrogens (tertiary/aromatic N) is 2. The van der Waals surface area contributed by atoms with Crippen molar-refractivity contribution < 1.29 is 31.5 Å². The van der Waals surface area contributed by atoms with Gasteiger partial charge >= 0.3 is 12.8 Å². The van der Waals surface area contributed by atoms with Crippen LogP contribution in [0.15, 0.2) is 36.4 Å². The molecular formula is C20H20F5N3O2. The van der Waals surface area contributed by atoms with Crippen LogP contribution in [0.4, 0.5) is 22.0 Å². The van der Waals surface area contributed by atoms with Gasteiger partial charge in [-0.2, -0.15) is 27.1 Å². The Morgan fingerprint density at radius 2 is 1.97 bits per heavy atom. The monoisotopic (exact) mass is 429 g/mol. The Hall–Kier alpha value is -2.91. The molecule has 1 aliphatic carbocycles. The maximum absolute atomic E-state index is 12.9. The molecule has 1 aliphatic rings. The predicted octanol–water partition coefficient (Wildman–Crippen LogP) is 4.60. The molecule has 30 heavy (non-hydrogen) atoms. The average molecular weight is 429 g/mol. The molecule has 0 radical (unpaired) electrons. The summed E-state index contributed by atoms with van der Waals surface area (Å²) in [4.78, 5) is 11.9. The standard InChI is InChI=1S/C20H20F5N3O2/c21-19(22)30-15-7-2-13(3-8-15)4-9-18(29)26-10-1-11-28-16(14-5-6-14)12-17(27-28)20(23,24)25/h2-4,7-9,12,14,19H,1,5-6,10-11H2,(H,26,29)/b9-4-. The van der Waals surface area contributed by atoms with Crippen molar-refractivity contribution in [2.75, 3.05) is 6.54 Å². The zero-order valence-corrected chi connectivity index (χ0v) is 15.8. The number of aromatic nitrogens is 2. The Morgan fingerprint density at radius 3 is 2.57 bits per heavy atom. The molecule has 2 aromatic rings. The minimum absolute atomic E-state index is 0.0180. The van der Waals surface area contributed by atoms with Gasteiger partial charge in [-0.25, -0.2) is 0 Å². The smallest absolute Gasteiger partial charge is 0.435 e. The number of carbonyl (C=O) groups is 1. The number of carbonyl (C=O) groups excluding carboxylic acids is 1. The number of hydrogen-bond donors (Lipinski definition) is 1. The molecule has 3 rings (SSSR count). The van der Waals surface area contributed by atoms with E-state index in [0.717, 1.165) is 18.9 Å². The Kier molecular flexibility index (Phi) is 6.73. The number of nitrogens with one attached hydrogen (secondary N) is 1. The van der Waals surface area contributed by atoms with Gasteiger partial charge in [0, 0.05) is 30.8 Å². The third-order valence-corrected chi connectivity index (χ3v) is 4.48. The fraction of sp³-hybridized carbons (Fsp3) is 0.400. The first kappa shape index (κ1) is 21.8. The van der Waals surface area contributed by atoms with Crippen LogP contribution in [0.5, 0.6) is 5.75 Å². The van der Waals surface area contributed by atoms with Crippen LogP contribution in [-0.2, 0) is 17.5 Å². The van der Waals surface area contributed by atoms with Crippen molar-refractivity contribution in [2.24, 2.45) is 0 Å². The van der Waals surface area contributed by atoms with E-state index in [0.29, 0.717) is 17.7 Å². The summed E-state index contributed by atoms with van der Waals surface area (Å²) in [5, 5.41) is 6.32. The second-order valence-electron chi connectivity index (χ2n) is 6.88. The van der Waals surface area contributed by atoms with E-state index >= 15 is 0 Å². The quantitative estimate of drug-likeness (QED) is 0.360. The lowest BCUT2D eigenvalue weighted by atomic mass is 10.2. The molecule has 0 bridgehead atoms. The molecule has 1 aromatic heterocycles. The first-order valence-corrected chi connectivity index (χ1v) is 9.38. The van der Waals surface area contributed by atoms with Crippen molar-refractivity contribution in [3.63, 3.8) is 0 Å². The molecule has 5 nitrogen and oxygen atoms in total. The van der Waals surface area contributed by atoms with Crippen LogP contribution in [-0.4, -0.2) is 28.8 Å². The summed E-state index contributed by atoms with van der Waals surface area (Å²) in [7, 11) is 0. The van der Waals surface area contributed by atoms with Gasteiger partial charge in [0.2, 0.25) is 5.91 Å². The SMILES string of the molecule is O=C(/C=C\c1ccc(OC(F)F)cc1)NCCCn1nc(C(F)(F)F)cc1C1CC1. The normalized spacial score (nSPS) is 14.5. The molecule has 162 valence electrons. The number of aryl methyl sites for hydroxylation is 1. The van der Waals surface area contributed by atoms with Gasteiger partial charge in [-0.1, -0.05) is 12.1 Å².